The lowest BCUT2D eigenvalue weighted by Crippen LogP contribution is -2.38. The lowest BCUT2D eigenvalue weighted by Gasteiger charge is -2.28. The van der Waals surface area contributed by atoms with E-state index in [1.165, 1.54) is 0 Å². The summed E-state index contributed by atoms with van der Waals surface area (Å²) in [6.07, 6.45) is 2.04. The summed E-state index contributed by atoms with van der Waals surface area (Å²) in [5, 5.41) is 3.49. The van der Waals surface area contributed by atoms with Crippen molar-refractivity contribution < 1.29 is 4.79 Å². The van der Waals surface area contributed by atoms with Crippen molar-refractivity contribution in [2.75, 3.05) is 25.5 Å². The second-order valence-corrected chi connectivity index (χ2v) is 4.98. The van der Waals surface area contributed by atoms with E-state index >= 15 is 0 Å². The van der Waals surface area contributed by atoms with Gasteiger partial charge in [0.25, 0.3) is 0 Å². The molecular weight excluding hydrogens is 236 g/mol. The van der Waals surface area contributed by atoms with E-state index < -0.39 is 0 Å². The monoisotopic (exact) mass is 252 g/mol. The van der Waals surface area contributed by atoms with Crippen molar-refractivity contribution in [1.82, 2.24) is 4.90 Å². The number of hydrogen-bond acceptors (Lipinski definition) is 2. The van der Waals surface area contributed by atoms with Crippen LogP contribution < -0.4 is 5.32 Å². The zero-order chi connectivity index (χ0) is 12.3. The highest BCUT2D eigenvalue weighted by molar-refractivity contribution is 6.33. The van der Waals surface area contributed by atoms with E-state index in [2.05, 4.69) is 17.3 Å². The Labute approximate surface area is 107 Å². The van der Waals surface area contributed by atoms with Crippen molar-refractivity contribution in [3.63, 3.8) is 0 Å². The van der Waals surface area contributed by atoms with Crippen LogP contribution in [0.15, 0.2) is 24.3 Å². The molecule has 4 heteroatoms. The number of piperidine rings is 1. The van der Waals surface area contributed by atoms with Crippen LogP contribution in [0.4, 0.5) is 5.69 Å². The molecule has 1 aromatic rings. The Morgan fingerprint density at radius 1 is 1.47 bits per heavy atom. The summed E-state index contributed by atoms with van der Waals surface area (Å²) < 4.78 is 0. The highest BCUT2D eigenvalue weighted by Crippen LogP contribution is 2.23. The molecule has 0 bridgehead atoms. The van der Waals surface area contributed by atoms with Gasteiger partial charge in [0.2, 0.25) is 5.91 Å². The van der Waals surface area contributed by atoms with Crippen LogP contribution in [0, 0.1) is 5.92 Å². The average molecular weight is 253 g/mol. The molecule has 0 unspecified atom stereocenters. The number of halogens is 1. The van der Waals surface area contributed by atoms with E-state index in [9.17, 15) is 4.79 Å². The molecule has 2 rings (SSSR count). The zero-order valence-corrected chi connectivity index (χ0v) is 10.7. The quantitative estimate of drug-likeness (QED) is 0.878. The summed E-state index contributed by atoms with van der Waals surface area (Å²) in [5.41, 5.74) is 0.701. The van der Waals surface area contributed by atoms with E-state index in [1.807, 2.05) is 18.2 Å². The minimum absolute atomic E-state index is 0.0738. The Kier molecular flexibility index (Phi) is 4.02. The van der Waals surface area contributed by atoms with Crippen LogP contribution in [0.5, 0.6) is 0 Å². The maximum Gasteiger partial charge on any atom is 0.228 e. The number of rotatable bonds is 2. The highest BCUT2D eigenvalue weighted by Gasteiger charge is 2.24. The number of benzene rings is 1. The van der Waals surface area contributed by atoms with Crippen LogP contribution in [0.3, 0.4) is 0 Å². The molecule has 1 fully saturated rings. The first-order valence-electron chi connectivity index (χ1n) is 5.91. The van der Waals surface area contributed by atoms with Gasteiger partial charge in [-0.05, 0) is 38.6 Å². The normalized spacial score (nSPS) is 21.2. The summed E-state index contributed by atoms with van der Waals surface area (Å²) in [7, 11) is 2.05. The number of nitrogens with zero attached hydrogens (tertiary/aromatic N) is 1. The molecule has 0 aliphatic carbocycles. The number of carbonyl (C=O) groups is 1. The van der Waals surface area contributed by atoms with Gasteiger partial charge in [-0.15, -0.1) is 0 Å². The minimum atomic E-state index is 0.0738. The third kappa shape index (κ3) is 3.20. The lowest BCUT2D eigenvalue weighted by atomic mass is 9.97. The van der Waals surface area contributed by atoms with Gasteiger partial charge in [-0.3, -0.25) is 4.79 Å². The zero-order valence-electron chi connectivity index (χ0n) is 9.95. The van der Waals surface area contributed by atoms with Crippen LogP contribution in [-0.2, 0) is 4.79 Å². The fraction of sp³-hybridized carbons (Fsp3) is 0.462. The maximum atomic E-state index is 12.1. The number of hydrogen-bond donors (Lipinski definition) is 1. The minimum Gasteiger partial charge on any atom is -0.324 e. The molecule has 3 nitrogen and oxygen atoms in total. The molecule has 0 spiro atoms. The molecule has 1 amide bonds. The molecule has 1 heterocycles. The van der Waals surface area contributed by atoms with Crippen molar-refractivity contribution >= 4 is 23.2 Å². The van der Waals surface area contributed by atoms with Gasteiger partial charge in [0.1, 0.15) is 0 Å². The number of carbonyl (C=O) groups excluding carboxylic acids is 1. The summed E-state index contributed by atoms with van der Waals surface area (Å²) >= 11 is 6.01. The molecule has 1 aliphatic rings. The summed E-state index contributed by atoms with van der Waals surface area (Å²) in [6, 6.07) is 7.33. The van der Waals surface area contributed by atoms with Gasteiger partial charge in [0.05, 0.1) is 16.6 Å². The summed E-state index contributed by atoms with van der Waals surface area (Å²) in [4.78, 5) is 14.3. The van der Waals surface area contributed by atoms with Gasteiger partial charge in [0, 0.05) is 6.54 Å². The van der Waals surface area contributed by atoms with Gasteiger partial charge in [-0.1, -0.05) is 23.7 Å². The van der Waals surface area contributed by atoms with Crippen LogP contribution in [0.1, 0.15) is 12.8 Å². The molecule has 17 heavy (non-hydrogen) atoms. The molecule has 92 valence electrons. The molecule has 1 atom stereocenters. The molecular formula is C13H17ClN2O. The smallest absolute Gasteiger partial charge is 0.228 e. The third-order valence-corrected chi connectivity index (χ3v) is 3.46. The average Bonchev–Trinajstić information content (AvgIpc) is 2.32. The van der Waals surface area contributed by atoms with Crippen LogP contribution in [-0.4, -0.2) is 30.9 Å². The van der Waals surface area contributed by atoms with Crippen molar-refractivity contribution in [2.45, 2.75) is 12.8 Å². The second-order valence-electron chi connectivity index (χ2n) is 4.57. The summed E-state index contributed by atoms with van der Waals surface area (Å²) in [6.45, 7) is 1.91. The lowest BCUT2D eigenvalue weighted by molar-refractivity contribution is -0.121. The third-order valence-electron chi connectivity index (χ3n) is 3.13. The molecule has 1 aliphatic heterocycles. The van der Waals surface area contributed by atoms with Crippen molar-refractivity contribution in [1.29, 1.82) is 0 Å². The number of anilines is 1. The molecule has 0 saturated carbocycles. The van der Waals surface area contributed by atoms with Crippen molar-refractivity contribution in [2.24, 2.45) is 5.92 Å². The Bertz CT molecular complexity index is 408. The Balaban J connectivity index is 1.99. The van der Waals surface area contributed by atoms with Gasteiger partial charge in [-0.2, -0.15) is 0 Å². The fourth-order valence-electron chi connectivity index (χ4n) is 2.18. The molecule has 1 saturated heterocycles. The largest absolute Gasteiger partial charge is 0.324 e. The molecule has 0 aromatic heterocycles. The van der Waals surface area contributed by atoms with Gasteiger partial charge in [-0.25, -0.2) is 0 Å². The topological polar surface area (TPSA) is 32.3 Å². The van der Waals surface area contributed by atoms with Gasteiger partial charge < -0.3 is 10.2 Å². The van der Waals surface area contributed by atoms with Crippen molar-refractivity contribution in [3.8, 4) is 0 Å². The molecule has 1 aromatic carbocycles. The van der Waals surface area contributed by atoms with Crippen LogP contribution in [0.2, 0.25) is 5.02 Å². The van der Waals surface area contributed by atoms with Crippen molar-refractivity contribution in [3.05, 3.63) is 29.3 Å². The van der Waals surface area contributed by atoms with Crippen LogP contribution >= 0.6 is 11.6 Å². The van der Waals surface area contributed by atoms with E-state index in [-0.39, 0.29) is 11.8 Å². The maximum absolute atomic E-state index is 12.1. The predicted molar refractivity (Wildman–Crippen MR) is 70.3 cm³/mol. The van der Waals surface area contributed by atoms with Gasteiger partial charge in [0.15, 0.2) is 0 Å². The SMILES string of the molecule is CN1CCC[C@@H](C(=O)Nc2ccccc2Cl)C1. The Morgan fingerprint density at radius 2 is 2.24 bits per heavy atom. The number of amides is 1. The fourth-order valence-corrected chi connectivity index (χ4v) is 2.36. The first-order chi connectivity index (χ1) is 8.16. The molecule has 0 radical (unpaired) electrons. The van der Waals surface area contributed by atoms with E-state index in [1.54, 1.807) is 6.07 Å². The summed E-state index contributed by atoms with van der Waals surface area (Å²) in [5.74, 6) is 0.148. The number of nitrogens with one attached hydrogen (secondary N) is 1. The highest BCUT2D eigenvalue weighted by atomic mass is 35.5. The standard InChI is InChI=1S/C13H17ClN2O/c1-16-8-4-5-10(9-16)13(17)15-12-7-3-2-6-11(12)14/h2-3,6-7,10H,4-5,8-9H2,1H3,(H,15,17)/t10-/m1/s1. The predicted octanol–water partition coefficient (Wildman–Crippen LogP) is 2.62. The van der Waals surface area contributed by atoms with E-state index in [4.69, 9.17) is 11.6 Å². The number of para-hydroxylation sites is 1. The van der Waals surface area contributed by atoms with E-state index in [0.717, 1.165) is 25.9 Å². The van der Waals surface area contributed by atoms with Crippen LogP contribution in [0.25, 0.3) is 0 Å². The number of likely N-dealkylation sites (tertiary alicyclic amines) is 1. The second kappa shape index (κ2) is 5.52. The first kappa shape index (κ1) is 12.4. The van der Waals surface area contributed by atoms with Gasteiger partial charge >= 0.3 is 0 Å². The Hall–Kier alpha value is -1.06. The molecule has 1 N–H and O–H groups in total. The first-order valence-corrected chi connectivity index (χ1v) is 6.28. The Morgan fingerprint density at radius 3 is 2.94 bits per heavy atom. The van der Waals surface area contributed by atoms with E-state index in [0.29, 0.717) is 10.7 Å².